The molecule has 1 aliphatic heterocycles. The Morgan fingerprint density at radius 1 is 1.26 bits per heavy atom. The van der Waals surface area contributed by atoms with Gasteiger partial charge in [-0.15, -0.1) is 13.2 Å². The molecule has 0 aliphatic carbocycles. The molecule has 1 aromatic rings. The van der Waals surface area contributed by atoms with Gasteiger partial charge in [0.25, 0.3) is 0 Å². The van der Waals surface area contributed by atoms with Gasteiger partial charge in [0.05, 0.1) is 5.92 Å². The quantitative estimate of drug-likeness (QED) is 0.921. The topological polar surface area (TPSA) is 49.8 Å². The number of hydrogen-bond acceptors (Lipinski definition) is 3. The lowest BCUT2D eigenvalue weighted by atomic mass is 9.89. The van der Waals surface area contributed by atoms with Crippen molar-refractivity contribution >= 4 is 5.97 Å². The van der Waals surface area contributed by atoms with E-state index < -0.39 is 18.2 Å². The lowest BCUT2D eigenvalue weighted by Crippen LogP contribution is -2.40. The minimum atomic E-state index is -4.77. The van der Waals surface area contributed by atoms with E-state index in [1.54, 1.807) is 6.07 Å². The van der Waals surface area contributed by atoms with E-state index in [4.69, 9.17) is 0 Å². The average Bonchev–Trinajstić information content (AvgIpc) is 2.81. The van der Waals surface area contributed by atoms with E-state index >= 15 is 0 Å². The number of carbonyl (C=O) groups is 1. The van der Waals surface area contributed by atoms with Gasteiger partial charge in [-0.1, -0.05) is 12.1 Å². The van der Waals surface area contributed by atoms with Crippen molar-refractivity contribution in [3.05, 3.63) is 29.8 Å². The van der Waals surface area contributed by atoms with E-state index in [-0.39, 0.29) is 17.2 Å². The van der Waals surface area contributed by atoms with Crippen molar-refractivity contribution in [1.82, 2.24) is 4.90 Å². The molecule has 1 N–H and O–H groups in total. The molecule has 0 aromatic heterocycles. The molecule has 23 heavy (non-hydrogen) atoms. The molecule has 2 rings (SSSR count). The van der Waals surface area contributed by atoms with E-state index in [1.807, 2.05) is 25.7 Å². The van der Waals surface area contributed by atoms with Crippen molar-refractivity contribution in [3.8, 4) is 5.75 Å². The Hall–Kier alpha value is -1.76. The highest BCUT2D eigenvalue weighted by Gasteiger charge is 2.42. The van der Waals surface area contributed by atoms with E-state index in [0.717, 1.165) is 0 Å². The van der Waals surface area contributed by atoms with Crippen molar-refractivity contribution in [2.24, 2.45) is 5.92 Å². The lowest BCUT2D eigenvalue weighted by molar-refractivity contribution is -0.274. The number of likely N-dealkylation sites (tertiary alicyclic amines) is 1. The zero-order valence-electron chi connectivity index (χ0n) is 13.2. The molecule has 128 valence electrons. The summed E-state index contributed by atoms with van der Waals surface area (Å²) in [5, 5.41) is 9.45. The summed E-state index contributed by atoms with van der Waals surface area (Å²) in [5.41, 5.74) is 0.341. The second-order valence-electron chi connectivity index (χ2n) is 6.75. The fourth-order valence-corrected chi connectivity index (χ4v) is 2.88. The monoisotopic (exact) mass is 331 g/mol. The highest BCUT2D eigenvalue weighted by atomic mass is 19.4. The predicted octanol–water partition coefficient (Wildman–Crippen LogP) is 3.48. The predicted molar refractivity (Wildman–Crippen MR) is 78.3 cm³/mol. The van der Waals surface area contributed by atoms with Crippen LogP contribution in [-0.4, -0.2) is 41.0 Å². The van der Waals surface area contributed by atoms with Crippen LogP contribution in [0.15, 0.2) is 24.3 Å². The normalized spacial score (nSPS) is 23.0. The molecular formula is C16H20F3NO3. The largest absolute Gasteiger partial charge is 0.573 e. The molecule has 0 amide bonds. The summed E-state index contributed by atoms with van der Waals surface area (Å²) in [5.74, 6) is -2.30. The molecule has 7 heteroatoms. The van der Waals surface area contributed by atoms with Crippen LogP contribution in [0.4, 0.5) is 13.2 Å². The molecule has 1 fully saturated rings. The molecule has 0 spiro atoms. The number of nitrogens with zero attached hydrogens (tertiary/aromatic N) is 1. The van der Waals surface area contributed by atoms with Crippen molar-refractivity contribution in [1.29, 1.82) is 0 Å². The van der Waals surface area contributed by atoms with Gasteiger partial charge in [-0.25, -0.2) is 0 Å². The van der Waals surface area contributed by atoms with Gasteiger partial charge in [0.1, 0.15) is 5.75 Å². The Labute approximate surface area is 132 Å². The van der Waals surface area contributed by atoms with Crippen LogP contribution in [0.3, 0.4) is 0 Å². The van der Waals surface area contributed by atoms with Gasteiger partial charge in [0.2, 0.25) is 0 Å². The number of rotatable bonds is 3. The van der Waals surface area contributed by atoms with Crippen LogP contribution in [0.2, 0.25) is 0 Å². The summed E-state index contributed by atoms with van der Waals surface area (Å²) in [6.07, 6.45) is -4.77. The van der Waals surface area contributed by atoms with Gasteiger partial charge in [-0.3, -0.25) is 9.69 Å². The number of alkyl halides is 3. The zero-order chi connectivity index (χ0) is 17.4. The SMILES string of the molecule is CC(C)(C)N1C[C@H](C(=O)O)[C@@H](c2cccc(OC(F)(F)F)c2)C1. The van der Waals surface area contributed by atoms with Gasteiger partial charge in [0, 0.05) is 24.5 Å². The standard InChI is InChI=1S/C16H20F3NO3/c1-15(2,3)20-8-12(13(9-20)14(21)22)10-5-4-6-11(7-10)23-16(17,18)19/h4-7,12-13H,8-9H2,1-3H3,(H,21,22)/t12-,13+/m1/s1. The van der Waals surface area contributed by atoms with Gasteiger partial charge in [-0.2, -0.15) is 0 Å². The Morgan fingerprint density at radius 2 is 1.91 bits per heavy atom. The lowest BCUT2D eigenvalue weighted by Gasteiger charge is -2.31. The summed E-state index contributed by atoms with van der Waals surface area (Å²) in [6.45, 7) is 6.80. The summed E-state index contributed by atoms with van der Waals surface area (Å²) in [7, 11) is 0. The minimum Gasteiger partial charge on any atom is -0.481 e. The third-order valence-electron chi connectivity index (χ3n) is 4.11. The van der Waals surface area contributed by atoms with E-state index in [1.165, 1.54) is 18.2 Å². The van der Waals surface area contributed by atoms with Crippen molar-refractivity contribution < 1.29 is 27.8 Å². The molecule has 2 atom stereocenters. The Morgan fingerprint density at radius 3 is 2.43 bits per heavy atom. The first-order valence-corrected chi connectivity index (χ1v) is 7.31. The highest BCUT2D eigenvalue weighted by molar-refractivity contribution is 5.72. The van der Waals surface area contributed by atoms with Crippen molar-refractivity contribution in [2.45, 2.75) is 38.6 Å². The van der Waals surface area contributed by atoms with Crippen molar-refractivity contribution in [3.63, 3.8) is 0 Å². The number of hydrogen-bond donors (Lipinski definition) is 1. The third-order valence-corrected chi connectivity index (χ3v) is 4.11. The second kappa shape index (κ2) is 6.03. The first-order valence-electron chi connectivity index (χ1n) is 7.31. The van der Waals surface area contributed by atoms with E-state index in [0.29, 0.717) is 18.7 Å². The summed E-state index contributed by atoms with van der Waals surface area (Å²) < 4.78 is 41.0. The van der Waals surface area contributed by atoms with Crippen LogP contribution in [0, 0.1) is 5.92 Å². The molecule has 4 nitrogen and oxygen atoms in total. The van der Waals surface area contributed by atoms with E-state index in [2.05, 4.69) is 4.74 Å². The number of benzene rings is 1. The maximum atomic E-state index is 12.3. The van der Waals surface area contributed by atoms with Crippen LogP contribution in [-0.2, 0) is 4.79 Å². The Bertz CT molecular complexity index is 581. The van der Waals surface area contributed by atoms with E-state index in [9.17, 15) is 23.1 Å². The van der Waals surface area contributed by atoms with Crippen LogP contribution in [0.1, 0.15) is 32.3 Å². The molecule has 0 saturated carbocycles. The Kier molecular flexibility index (Phi) is 4.61. The fourth-order valence-electron chi connectivity index (χ4n) is 2.88. The number of halogens is 3. The summed E-state index contributed by atoms with van der Waals surface area (Å²) in [6, 6.07) is 5.59. The van der Waals surface area contributed by atoms with Crippen LogP contribution in [0.25, 0.3) is 0 Å². The summed E-state index contributed by atoms with van der Waals surface area (Å²) >= 11 is 0. The molecule has 1 aliphatic rings. The number of aliphatic carboxylic acids is 1. The molecule has 0 unspecified atom stereocenters. The average molecular weight is 331 g/mol. The fraction of sp³-hybridized carbons (Fsp3) is 0.562. The molecular weight excluding hydrogens is 311 g/mol. The first kappa shape index (κ1) is 17.6. The van der Waals surface area contributed by atoms with Gasteiger partial charge >= 0.3 is 12.3 Å². The van der Waals surface area contributed by atoms with Gasteiger partial charge < -0.3 is 9.84 Å². The van der Waals surface area contributed by atoms with Crippen LogP contribution < -0.4 is 4.74 Å². The van der Waals surface area contributed by atoms with Gasteiger partial charge in [0.15, 0.2) is 0 Å². The minimum absolute atomic E-state index is 0.206. The maximum absolute atomic E-state index is 12.3. The maximum Gasteiger partial charge on any atom is 0.573 e. The number of carboxylic acids is 1. The molecule has 1 aromatic carbocycles. The zero-order valence-corrected chi connectivity index (χ0v) is 13.2. The smallest absolute Gasteiger partial charge is 0.481 e. The molecule has 0 radical (unpaired) electrons. The summed E-state index contributed by atoms with van der Waals surface area (Å²) in [4.78, 5) is 13.6. The number of ether oxygens (including phenoxy) is 1. The third kappa shape index (κ3) is 4.37. The van der Waals surface area contributed by atoms with Crippen LogP contribution in [0.5, 0.6) is 5.75 Å². The second-order valence-corrected chi connectivity index (χ2v) is 6.75. The molecule has 1 heterocycles. The van der Waals surface area contributed by atoms with Crippen molar-refractivity contribution in [2.75, 3.05) is 13.1 Å². The van der Waals surface area contributed by atoms with Crippen LogP contribution >= 0.6 is 0 Å². The molecule has 1 saturated heterocycles. The first-order chi connectivity index (χ1) is 10.5. The number of carboxylic acid groups (broad SMARTS) is 1. The Balaban J connectivity index is 2.28. The molecule has 0 bridgehead atoms. The highest BCUT2D eigenvalue weighted by Crippen LogP contribution is 2.37. The van der Waals surface area contributed by atoms with Gasteiger partial charge in [-0.05, 0) is 38.5 Å².